The number of halogens is 6. The minimum Gasteiger partial charge on any atom is -0.481 e. The highest BCUT2D eigenvalue weighted by Crippen LogP contribution is 2.42. The summed E-state index contributed by atoms with van der Waals surface area (Å²) >= 11 is 6.24. The molecule has 0 spiro atoms. The minimum absolute atomic E-state index is 0.0623. The molecule has 0 bridgehead atoms. The number of rotatable bonds is 5. The first kappa shape index (κ1) is 27.1. The van der Waals surface area contributed by atoms with Crippen molar-refractivity contribution in [3.05, 3.63) is 98.6 Å². The number of anilines is 1. The number of nitrogens with one attached hydrogen (secondary N) is 2. The Bertz CT molecular complexity index is 1500. The third kappa shape index (κ3) is 4.93. The van der Waals surface area contributed by atoms with Gasteiger partial charge in [0.15, 0.2) is 0 Å². The van der Waals surface area contributed by atoms with Crippen LogP contribution in [0.1, 0.15) is 62.9 Å². The third-order valence-corrected chi connectivity index (χ3v) is 6.59. The SMILES string of the molecule is CC(C)(C(=O)O)c1cc(NC(=O)c2cc(F)cc(C(F)(F)F)c2)c2c(c1)C(=O)NC2c1cc(F)ccc1Cl. The smallest absolute Gasteiger partial charge is 0.416 e. The van der Waals surface area contributed by atoms with Gasteiger partial charge in [0, 0.05) is 33.0 Å². The molecule has 1 aliphatic rings. The summed E-state index contributed by atoms with van der Waals surface area (Å²) < 4.78 is 67.6. The predicted octanol–water partition coefficient (Wildman–Crippen LogP) is 6.08. The highest BCUT2D eigenvalue weighted by Gasteiger charge is 2.38. The summed E-state index contributed by atoms with van der Waals surface area (Å²) in [5.41, 5.74) is -3.58. The van der Waals surface area contributed by atoms with Crippen LogP contribution in [0.3, 0.4) is 0 Å². The van der Waals surface area contributed by atoms with Crippen molar-refractivity contribution in [3.8, 4) is 0 Å². The molecule has 6 nitrogen and oxygen atoms in total. The molecule has 0 aliphatic carbocycles. The summed E-state index contributed by atoms with van der Waals surface area (Å²) in [6.07, 6.45) is -4.93. The lowest BCUT2D eigenvalue weighted by molar-refractivity contribution is -0.142. The number of carboxylic acids is 1. The molecule has 0 fully saturated rings. The van der Waals surface area contributed by atoms with Gasteiger partial charge < -0.3 is 15.7 Å². The van der Waals surface area contributed by atoms with E-state index in [0.29, 0.717) is 12.1 Å². The predicted molar refractivity (Wildman–Crippen MR) is 127 cm³/mol. The number of carbonyl (C=O) groups is 3. The maximum atomic E-state index is 14.1. The van der Waals surface area contributed by atoms with E-state index in [1.54, 1.807) is 0 Å². The number of amides is 2. The molecular weight excluding hydrogens is 535 g/mol. The number of alkyl halides is 3. The van der Waals surface area contributed by atoms with E-state index in [0.717, 1.165) is 12.1 Å². The van der Waals surface area contributed by atoms with Crippen LogP contribution in [0.25, 0.3) is 0 Å². The van der Waals surface area contributed by atoms with Crippen LogP contribution in [0.2, 0.25) is 5.02 Å². The van der Waals surface area contributed by atoms with Gasteiger partial charge >= 0.3 is 12.1 Å². The zero-order chi connectivity index (χ0) is 28.2. The Hall–Kier alpha value is -3.99. The first-order chi connectivity index (χ1) is 17.6. The lowest BCUT2D eigenvalue weighted by Gasteiger charge is -2.24. The van der Waals surface area contributed by atoms with Gasteiger partial charge in [-0.1, -0.05) is 11.6 Å². The van der Waals surface area contributed by atoms with Crippen LogP contribution in [0, 0.1) is 11.6 Å². The third-order valence-electron chi connectivity index (χ3n) is 6.25. The summed E-state index contributed by atoms with van der Waals surface area (Å²) in [5.74, 6) is -5.10. The van der Waals surface area contributed by atoms with Crippen LogP contribution in [-0.2, 0) is 16.4 Å². The lowest BCUT2D eigenvalue weighted by atomic mass is 9.82. The van der Waals surface area contributed by atoms with E-state index < -0.39 is 58.2 Å². The lowest BCUT2D eigenvalue weighted by Crippen LogP contribution is -2.29. The summed E-state index contributed by atoms with van der Waals surface area (Å²) in [7, 11) is 0. The average molecular weight is 553 g/mol. The van der Waals surface area contributed by atoms with Gasteiger partial charge in [0.25, 0.3) is 11.8 Å². The second-order valence-electron chi connectivity index (χ2n) is 9.17. The van der Waals surface area contributed by atoms with Crippen molar-refractivity contribution >= 4 is 35.1 Å². The van der Waals surface area contributed by atoms with E-state index in [-0.39, 0.29) is 39.0 Å². The zero-order valence-electron chi connectivity index (χ0n) is 19.6. The van der Waals surface area contributed by atoms with Gasteiger partial charge in [-0.15, -0.1) is 0 Å². The van der Waals surface area contributed by atoms with E-state index in [4.69, 9.17) is 11.6 Å². The van der Waals surface area contributed by atoms with E-state index in [1.807, 2.05) is 0 Å². The normalized spacial score (nSPS) is 15.2. The number of carboxylic acid groups (broad SMARTS) is 1. The maximum absolute atomic E-state index is 14.1. The zero-order valence-corrected chi connectivity index (χ0v) is 20.4. The topological polar surface area (TPSA) is 95.5 Å². The number of benzene rings is 3. The number of aliphatic carboxylic acids is 1. The second-order valence-corrected chi connectivity index (χ2v) is 9.58. The summed E-state index contributed by atoms with van der Waals surface area (Å²) in [6.45, 7) is 2.69. The Kier molecular flexibility index (Phi) is 6.69. The monoisotopic (exact) mass is 552 g/mol. The Morgan fingerprint density at radius 1 is 0.974 bits per heavy atom. The molecule has 38 heavy (non-hydrogen) atoms. The van der Waals surface area contributed by atoms with Gasteiger partial charge in [-0.05, 0) is 67.9 Å². The highest BCUT2D eigenvalue weighted by atomic mass is 35.5. The molecule has 0 radical (unpaired) electrons. The Morgan fingerprint density at radius 2 is 1.66 bits per heavy atom. The van der Waals surface area contributed by atoms with Gasteiger partial charge in [-0.25, -0.2) is 8.78 Å². The first-order valence-electron chi connectivity index (χ1n) is 11.0. The second kappa shape index (κ2) is 9.39. The Balaban J connectivity index is 1.90. The summed E-state index contributed by atoms with van der Waals surface area (Å²) in [4.78, 5) is 37.9. The fourth-order valence-electron chi connectivity index (χ4n) is 4.07. The van der Waals surface area contributed by atoms with Crippen molar-refractivity contribution in [2.24, 2.45) is 0 Å². The standard InChI is InChI=1S/C26H18ClF5N2O4/c1-25(2,24(37)38)12-8-17-20(21(34-23(17)36)16-10-14(28)3-4-18(16)27)19(9-12)33-22(35)11-5-13(26(30,31)32)7-15(29)6-11/h3-10,21H,1-2H3,(H,33,35)(H,34,36)(H,37,38). The molecule has 2 amide bonds. The van der Waals surface area contributed by atoms with Crippen molar-refractivity contribution in [2.75, 3.05) is 5.32 Å². The number of hydrogen-bond acceptors (Lipinski definition) is 3. The van der Waals surface area contributed by atoms with Crippen molar-refractivity contribution in [2.45, 2.75) is 31.5 Å². The molecule has 0 aromatic heterocycles. The number of fused-ring (bicyclic) bond motifs is 1. The van der Waals surface area contributed by atoms with Crippen molar-refractivity contribution in [1.29, 1.82) is 0 Å². The number of hydrogen-bond donors (Lipinski definition) is 3. The van der Waals surface area contributed by atoms with Gasteiger partial charge in [0.05, 0.1) is 17.0 Å². The van der Waals surface area contributed by atoms with E-state index >= 15 is 0 Å². The van der Waals surface area contributed by atoms with Crippen molar-refractivity contribution in [1.82, 2.24) is 5.32 Å². The van der Waals surface area contributed by atoms with Crippen LogP contribution < -0.4 is 10.6 Å². The van der Waals surface area contributed by atoms with Crippen LogP contribution in [0.4, 0.5) is 27.6 Å². The van der Waals surface area contributed by atoms with Crippen molar-refractivity contribution < 1.29 is 41.4 Å². The van der Waals surface area contributed by atoms with Crippen LogP contribution >= 0.6 is 11.6 Å². The average Bonchev–Trinajstić information content (AvgIpc) is 3.16. The summed E-state index contributed by atoms with van der Waals surface area (Å²) in [6, 6.07) is 6.13. The van der Waals surface area contributed by atoms with Gasteiger partial charge in [-0.2, -0.15) is 13.2 Å². The Labute approximate surface area is 217 Å². The largest absolute Gasteiger partial charge is 0.481 e. The first-order valence-corrected chi connectivity index (χ1v) is 11.3. The Morgan fingerprint density at radius 3 is 2.29 bits per heavy atom. The molecule has 1 heterocycles. The quantitative estimate of drug-likeness (QED) is 0.334. The van der Waals surface area contributed by atoms with E-state index in [9.17, 15) is 41.4 Å². The molecule has 4 rings (SSSR count). The maximum Gasteiger partial charge on any atom is 0.416 e. The van der Waals surface area contributed by atoms with Gasteiger partial charge in [0.2, 0.25) is 0 Å². The molecule has 1 aliphatic heterocycles. The molecule has 1 atom stereocenters. The van der Waals surface area contributed by atoms with Crippen molar-refractivity contribution in [3.63, 3.8) is 0 Å². The van der Waals surface area contributed by atoms with E-state index in [2.05, 4.69) is 10.6 Å². The molecule has 198 valence electrons. The molecule has 12 heteroatoms. The summed E-state index contributed by atoms with van der Waals surface area (Å²) in [5, 5.41) is 14.7. The van der Waals surface area contributed by atoms with Crippen LogP contribution in [-0.4, -0.2) is 22.9 Å². The molecular formula is C26H18ClF5N2O4. The van der Waals surface area contributed by atoms with Gasteiger partial charge in [-0.3, -0.25) is 14.4 Å². The fraction of sp³-hybridized carbons (Fsp3) is 0.192. The highest BCUT2D eigenvalue weighted by molar-refractivity contribution is 6.31. The fourth-order valence-corrected chi connectivity index (χ4v) is 4.30. The molecule has 1 unspecified atom stereocenters. The molecule has 3 aromatic rings. The van der Waals surface area contributed by atoms with Crippen LogP contribution in [0.5, 0.6) is 0 Å². The molecule has 0 saturated heterocycles. The minimum atomic E-state index is -4.93. The van der Waals surface area contributed by atoms with E-state index in [1.165, 1.54) is 32.0 Å². The molecule has 0 saturated carbocycles. The van der Waals surface area contributed by atoms with Gasteiger partial charge in [0.1, 0.15) is 11.6 Å². The molecule has 3 N–H and O–H groups in total. The number of carbonyl (C=O) groups excluding carboxylic acids is 2. The molecule has 3 aromatic carbocycles. The van der Waals surface area contributed by atoms with Crippen LogP contribution in [0.15, 0.2) is 48.5 Å².